The summed E-state index contributed by atoms with van der Waals surface area (Å²) in [5.74, 6) is -2.15. The molecule has 3 saturated heterocycles. The van der Waals surface area contributed by atoms with E-state index in [0.29, 0.717) is 96.9 Å². The summed E-state index contributed by atoms with van der Waals surface area (Å²) in [6.45, 7) is 2.82. The SMILES string of the molecule is O=C1CC[C@H](Nc2ccc(C3CCN(C(=O)CC4(O)CCN(c5ccc(-c6ccc7cn(C(C(=O)Nc8nccs8)c8ncn9c8CCC9)nc7c6F)cc5)CC4)CC3)c(F)c2)C(=O)N1. The number of rotatable bonds is 11. The van der Waals surface area contributed by atoms with Gasteiger partial charge in [0.25, 0.3) is 5.91 Å². The number of aryl methyl sites for hydroxylation is 1. The maximum absolute atomic E-state index is 16.4. The van der Waals surface area contributed by atoms with Gasteiger partial charge in [0, 0.05) is 84.9 Å². The lowest BCUT2D eigenvalue weighted by molar-refractivity contribution is -0.138. The number of carbonyl (C=O) groups is 4. The van der Waals surface area contributed by atoms with Crippen molar-refractivity contribution in [3.63, 3.8) is 0 Å². The van der Waals surface area contributed by atoms with Gasteiger partial charge in [-0.05, 0) is 86.3 Å². The molecule has 3 aromatic heterocycles. The summed E-state index contributed by atoms with van der Waals surface area (Å²) in [6.07, 6.45) is 9.34. The zero-order chi connectivity index (χ0) is 44.8. The largest absolute Gasteiger partial charge is 0.389 e. The molecule has 2 atom stereocenters. The van der Waals surface area contributed by atoms with Gasteiger partial charge in [0.05, 0.1) is 24.0 Å². The van der Waals surface area contributed by atoms with E-state index in [0.717, 1.165) is 30.8 Å². The van der Waals surface area contributed by atoms with Crippen LogP contribution in [-0.2, 0) is 32.1 Å². The smallest absolute Gasteiger partial charge is 0.257 e. The molecule has 336 valence electrons. The number of aliphatic hydroxyl groups is 1. The highest BCUT2D eigenvalue weighted by molar-refractivity contribution is 7.13. The number of halogens is 2. The van der Waals surface area contributed by atoms with Crippen LogP contribution in [-0.4, -0.2) is 95.8 Å². The number of piperidine rings is 3. The Morgan fingerprint density at radius 1 is 0.954 bits per heavy atom. The number of amides is 4. The molecule has 15 nitrogen and oxygen atoms in total. The van der Waals surface area contributed by atoms with E-state index in [1.54, 1.807) is 53.3 Å². The van der Waals surface area contributed by atoms with Crippen LogP contribution in [0.5, 0.6) is 0 Å². The van der Waals surface area contributed by atoms with Crippen LogP contribution in [0.3, 0.4) is 0 Å². The number of benzene rings is 3. The molecule has 0 radical (unpaired) electrons. The Morgan fingerprint density at radius 2 is 1.75 bits per heavy atom. The summed E-state index contributed by atoms with van der Waals surface area (Å²) in [5.41, 5.74) is 3.54. The Kier molecular flexibility index (Phi) is 11.4. The van der Waals surface area contributed by atoms with Crippen LogP contribution in [0.1, 0.15) is 80.3 Å². The van der Waals surface area contributed by atoms with Crippen LogP contribution in [0.15, 0.2) is 78.7 Å². The first-order chi connectivity index (χ1) is 31.5. The highest BCUT2D eigenvalue weighted by Crippen LogP contribution is 2.36. The zero-order valence-corrected chi connectivity index (χ0v) is 36.3. The number of hydrogen-bond acceptors (Lipinski definition) is 11. The van der Waals surface area contributed by atoms with Crippen molar-refractivity contribution >= 4 is 62.4 Å². The van der Waals surface area contributed by atoms with Gasteiger partial charge >= 0.3 is 0 Å². The molecule has 65 heavy (non-hydrogen) atoms. The van der Waals surface area contributed by atoms with Gasteiger partial charge in [-0.15, -0.1) is 11.3 Å². The third-order valence-corrected chi connectivity index (χ3v) is 14.1. The van der Waals surface area contributed by atoms with Crippen molar-refractivity contribution in [1.82, 2.24) is 34.5 Å². The highest BCUT2D eigenvalue weighted by Gasteiger charge is 2.38. The van der Waals surface area contributed by atoms with Crippen molar-refractivity contribution in [2.24, 2.45) is 0 Å². The van der Waals surface area contributed by atoms with Gasteiger partial charge in [-0.1, -0.05) is 30.3 Å². The molecule has 1 unspecified atom stereocenters. The molecule has 7 heterocycles. The highest BCUT2D eigenvalue weighted by atomic mass is 32.1. The van der Waals surface area contributed by atoms with E-state index in [1.165, 1.54) is 22.1 Å². The maximum atomic E-state index is 16.4. The van der Waals surface area contributed by atoms with E-state index in [1.807, 2.05) is 28.8 Å². The average molecular weight is 903 g/mol. The Morgan fingerprint density at radius 3 is 2.49 bits per heavy atom. The van der Waals surface area contributed by atoms with E-state index >= 15 is 8.78 Å². The fourth-order valence-electron chi connectivity index (χ4n) is 9.81. The number of aromatic nitrogens is 5. The van der Waals surface area contributed by atoms with E-state index < -0.39 is 29.4 Å². The van der Waals surface area contributed by atoms with Gasteiger partial charge in [-0.3, -0.25) is 34.5 Å². The molecule has 10 rings (SSSR count). The minimum Gasteiger partial charge on any atom is -0.389 e. The lowest BCUT2D eigenvalue weighted by Crippen LogP contribution is -2.48. The molecule has 4 N–H and O–H groups in total. The minimum absolute atomic E-state index is 0.0126. The van der Waals surface area contributed by atoms with E-state index in [4.69, 9.17) is 0 Å². The number of imide groups is 1. The summed E-state index contributed by atoms with van der Waals surface area (Å²) in [7, 11) is 0. The predicted octanol–water partition coefficient (Wildman–Crippen LogP) is 6.15. The number of fused-ring (bicyclic) bond motifs is 2. The number of nitrogens with one attached hydrogen (secondary N) is 3. The fraction of sp³-hybridized carbons (Fsp3) is 0.383. The van der Waals surface area contributed by atoms with Crippen molar-refractivity contribution in [3.8, 4) is 11.1 Å². The van der Waals surface area contributed by atoms with Crippen LogP contribution in [0, 0.1) is 11.6 Å². The second-order valence-corrected chi connectivity index (χ2v) is 18.4. The molecular weight excluding hydrogens is 855 g/mol. The number of imidazole rings is 1. The monoisotopic (exact) mass is 902 g/mol. The first kappa shape index (κ1) is 42.4. The maximum Gasteiger partial charge on any atom is 0.257 e. The lowest BCUT2D eigenvalue weighted by atomic mass is 9.86. The molecule has 0 bridgehead atoms. The Hall–Kier alpha value is -6.53. The fourth-order valence-corrected chi connectivity index (χ4v) is 10.3. The normalized spacial score (nSPS) is 19.3. The third kappa shape index (κ3) is 8.59. The van der Waals surface area contributed by atoms with Gasteiger partial charge in [0.15, 0.2) is 17.0 Å². The van der Waals surface area contributed by atoms with Crippen molar-refractivity contribution in [1.29, 1.82) is 0 Å². The third-order valence-electron chi connectivity index (χ3n) is 13.4. The molecule has 0 saturated carbocycles. The number of thiazole rings is 1. The average Bonchev–Trinajstić information content (AvgIpc) is 4.13. The molecule has 4 amide bonds. The number of hydrogen-bond donors (Lipinski definition) is 4. The molecule has 4 aliphatic rings. The standard InChI is InChI=1S/C47H48F2N10O5S/c48-35-24-31(52-36-11-12-38(60)53-44(36)62)6-10-33(35)29-13-19-57(20-14-29)39(61)25-47(64)15-21-56(22-16-47)32-7-3-28(4-8-32)34-9-5-30-26-59(55-41(30)40(34)49)43(45(63)54-46-50-17-23-65-46)42-37-2-1-18-58(37)27-51-42/h3-10,17,23-24,26-27,29,36,43,52,64H,1-2,11-16,18-22,25H2,(H,50,54,63)(H,53,60,62)/t36-,43?/m0/s1. The predicted molar refractivity (Wildman–Crippen MR) is 240 cm³/mol. The molecule has 0 spiro atoms. The second-order valence-electron chi connectivity index (χ2n) is 17.6. The Balaban J connectivity index is 0.745. The van der Waals surface area contributed by atoms with E-state index in [-0.39, 0.29) is 47.8 Å². The molecule has 0 aliphatic carbocycles. The van der Waals surface area contributed by atoms with Gasteiger partial charge in [-0.2, -0.15) is 5.10 Å². The first-order valence-corrected chi connectivity index (χ1v) is 23.0. The Labute approximate surface area is 376 Å². The molecule has 3 fully saturated rings. The molecule has 4 aliphatic heterocycles. The molecule has 6 aromatic rings. The summed E-state index contributed by atoms with van der Waals surface area (Å²) < 4.78 is 35.2. The zero-order valence-electron chi connectivity index (χ0n) is 35.5. The minimum atomic E-state index is -1.15. The number of anilines is 3. The first-order valence-electron chi connectivity index (χ1n) is 22.2. The lowest BCUT2D eigenvalue weighted by Gasteiger charge is -2.40. The van der Waals surface area contributed by atoms with Crippen molar-refractivity contribution < 1.29 is 33.1 Å². The van der Waals surface area contributed by atoms with E-state index in [9.17, 15) is 24.3 Å². The summed E-state index contributed by atoms with van der Waals surface area (Å²) in [6, 6.07) is 14.4. The number of nitrogens with zero attached hydrogens (tertiary/aromatic N) is 7. The summed E-state index contributed by atoms with van der Waals surface area (Å²) in [4.78, 5) is 63.6. The summed E-state index contributed by atoms with van der Waals surface area (Å²) in [5, 5.41) is 27.2. The number of likely N-dealkylation sites (tertiary alicyclic amines) is 1. The van der Waals surface area contributed by atoms with Gasteiger partial charge in [0.1, 0.15) is 17.4 Å². The van der Waals surface area contributed by atoms with Crippen LogP contribution in [0.25, 0.3) is 22.0 Å². The Bertz CT molecular complexity index is 2780. The topological polar surface area (TPSA) is 180 Å². The van der Waals surface area contributed by atoms with Gasteiger partial charge in [0.2, 0.25) is 17.7 Å². The van der Waals surface area contributed by atoms with Crippen LogP contribution in [0.4, 0.5) is 25.3 Å². The molecule has 3 aromatic carbocycles. The van der Waals surface area contributed by atoms with Crippen molar-refractivity contribution in [2.75, 3.05) is 41.7 Å². The summed E-state index contributed by atoms with van der Waals surface area (Å²) >= 11 is 1.31. The van der Waals surface area contributed by atoms with Crippen molar-refractivity contribution in [3.05, 3.63) is 107 Å². The molecule has 18 heteroatoms. The van der Waals surface area contributed by atoms with Gasteiger partial charge < -0.3 is 24.8 Å². The molecular formula is C47H48F2N10O5S. The van der Waals surface area contributed by atoms with Crippen LogP contribution < -0.4 is 20.9 Å². The van der Waals surface area contributed by atoms with Gasteiger partial charge in [-0.25, -0.2) is 18.7 Å². The van der Waals surface area contributed by atoms with Crippen LogP contribution in [0.2, 0.25) is 0 Å². The van der Waals surface area contributed by atoms with Crippen molar-refractivity contribution in [2.45, 2.75) is 87.9 Å². The van der Waals surface area contributed by atoms with Crippen LogP contribution >= 0.6 is 11.3 Å². The number of carbonyl (C=O) groups excluding carboxylic acids is 4. The van der Waals surface area contributed by atoms with E-state index in [2.05, 4.69) is 35.9 Å². The second kappa shape index (κ2) is 17.5. The quantitative estimate of drug-likeness (QED) is 0.110.